The fourth-order valence-electron chi connectivity index (χ4n) is 4.59. The molecule has 2 heterocycles. The van der Waals surface area contributed by atoms with Crippen LogP contribution in [-0.4, -0.2) is 29.7 Å². The third kappa shape index (κ3) is 5.06. The first kappa shape index (κ1) is 21.6. The van der Waals surface area contributed by atoms with Crippen molar-refractivity contribution in [3.63, 3.8) is 0 Å². The Morgan fingerprint density at radius 3 is 2.42 bits per heavy atom. The summed E-state index contributed by atoms with van der Waals surface area (Å²) in [6.07, 6.45) is 2.68. The Morgan fingerprint density at radius 1 is 0.939 bits per heavy atom. The average molecular weight is 449 g/mol. The van der Waals surface area contributed by atoms with Crippen LogP contribution < -0.4 is 4.74 Å². The number of nitrogens with zero attached hydrogens (tertiary/aromatic N) is 2. The van der Waals surface area contributed by atoms with Crippen LogP contribution in [0.4, 0.5) is 8.78 Å². The molecule has 33 heavy (non-hydrogen) atoms. The molecule has 1 aliphatic rings. The van der Waals surface area contributed by atoms with Gasteiger partial charge in [0.2, 0.25) is 0 Å². The summed E-state index contributed by atoms with van der Waals surface area (Å²) in [4.78, 5) is 2.45. The van der Waals surface area contributed by atoms with E-state index in [9.17, 15) is 8.78 Å². The van der Waals surface area contributed by atoms with Crippen molar-refractivity contribution in [2.24, 2.45) is 0 Å². The van der Waals surface area contributed by atoms with Crippen LogP contribution in [0, 0.1) is 11.6 Å². The molecule has 1 fully saturated rings. The monoisotopic (exact) mass is 448 g/mol. The molecule has 5 rings (SSSR count). The second kappa shape index (κ2) is 9.71. The average Bonchev–Trinajstić information content (AvgIpc) is 3.27. The van der Waals surface area contributed by atoms with Crippen molar-refractivity contribution in [3.05, 3.63) is 95.7 Å². The third-order valence-electron chi connectivity index (χ3n) is 6.41. The first-order valence-electron chi connectivity index (χ1n) is 11.4. The Kier molecular flexibility index (Phi) is 6.35. The third-order valence-corrected chi connectivity index (χ3v) is 6.41. The molecule has 0 radical (unpaired) electrons. The summed E-state index contributed by atoms with van der Waals surface area (Å²) in [5.41, 5.74) is 2.56. The van der Waals surface area contributed by atoms with Gasteiger partial charge in [-0.25, -0.2) is 8.78 Å². The van der Waals surface area contributed by atoms with Gasteiger partial charge in [0.25, 0.3) is 0 Å². The summed E-state index contributed by atoms with van der Waals surface area (Å²) in [5, 5.41) is 5.15. The van der Waals surface area contributed by atoms with Crippen molar-refractivity contribution >= 4 is 11.0 Å². The fraction of sp³-hybridized carbons (Fsp3) is 0.296. The minimum absolute atomic E-state index is 0.108. The highest BCUT2D eigenvalue weighted by atomic mass is 19.1. The predicted molar refractivity (Wildman–Crippen MR) is 123 cm³/mol. The minimum atomic E-state index is -0.309. The summed E-state index contributed by atoms with van der Waals surface area (Å²) >= 11 is 0. The van der Waals surface area contributed by atoms with Gasteiger partial charge in [-0.3, -0.25) is 0 Å². The number of piperidine rings is 1. The summed E-state index contributed by atoms with van der Waals surface area (Å²) < 4.78 is 38.3. The van der Waals surface area contributed by atoms with Gasteiger partial charge in [0, 0.05) is 30.3 Å². The molecule has 1 aliphatic heterocycles. The van der Waals surface area contributed by atoms with Crippen LogP contribution in [0.1, 0.15) is 42.5 Å². The second-order valence-corrected chi connectivity index (χ2v) is 8.58. The van der Waals surface area contributed by atoms with E-state index in [1.807, 2.05) is 18.2 Å². The molecule has 1 saturated heterocycles. The van der Waals surface area contributed by atoms with Gasteiger partial charge in [-0.05, 0) is 67.9 Å². The van der Waals surface area contributed by atoms with Crippen molar-refractivity contribution in [2.75, 3.05) is 19.6 Å². The number of hydrogen-bond acceptors (Lipinski definition) is 4. The number of rotatable bonds is 7. The van der Waals surface area contributed by atoms with Crippen LogP contribution in [0.5, 0.6) is 5.75 Å². The molecule has 4 nitrogen and oxygen atoms in total. The fourth-order valence-corrected chi connectivity index (χ4v) is 4.59. The number of likely N-dealkylation sites (tertiary alicyclic amines) is 1. The van der Waals surface area contributed by atoms with E-state index in [4.69, 9.17) is 9.26 Å². The van der Waals surface area contributed by atoms with Crippen LogP contribution >= 0.6 is 0 Å². The highest BCUT2D eigenvalue weighted by Gasteiger charge is 2.26. The zero-order chi connectivity index (χ0) is 22.6. The lowest BCUT2D eigenvalue weighted by Crippen LogP contribution is -2.34. The van der Waals surface area contributed by atoms with Crippen molar-refractivity contribution in [2.45, 2.75) is 31.3 Å². The van der Waals surface area contributed by atoms with E-state index >= 15 is 0 Å². The SMILES string of the molecule is Fc1ccc(OC(CCN2CCC(c3noc4cc(F)ccc34)CC2)c2ccccc2)cc1. The predicted octanol–water partition coefficient (Wildman–Crippen LogP) is 6.50. The molecule has 1 aromatic heterocycles. The lowest BCUT2D eigenvalue weighted by Gasteiger charge is -2.32. The lowest BCUT2D eigenvalue weighted by atomic mass is 9.91. The molecule has 3 aromatic carbocycles. The van der Waals surface area contributed by atoms with Crippen LogP contribution in [0.25, 0.3) is 11.0 Å². The number of aromatic nitrogens is 1. The van der Waals surface area contributed by atoms with Gasteiger partial charge in [-0.15, -0.1) is 0 Å². The zero-order valence-corrected chi connectivity index (χ0v) is 18.3. The van der Waals surface area contributed by atoms with E-state index in [-0.39, 0.29) is 17.7 Å². The molecule has 0 saturated carbocycles. The summed E-state index contributed by atoms with van der Waals surface area (Å²) in [6.45, 7) is 2.81. The van der Waals surface area contributed by atoms with E-state index in [1.165, 1.54) is 24.3 Å². The Hall–Kier alpha value is -3.25. The molecule has 170 valence electrons. The van der Waals surface area contributed by atoms with Crippen molar-refractivity contribution in [1.82, 2.24) is 10.1 Å². The maximum absolute atomic E-state index is 13.4. The van der Waals surface area contributed by atoms with Crippen LogP contribution in [0.3, 0.4) is 0 Å². The minimum Gasteiger partial charge on any atom is -0.486 e. The highest BCUT2D eigenvalue weighted by molar-refractivity contribution is 5.79. The molecule has 0 N–H and O–H groups in total. The largest absolute Gasteiger partial charge is 0.486 e. The number of halogens is 2. The Morgan fingerprint density at radius 2 is 1.67 bits per heavy atom. The number of ether oxygens (including phenoxy) is 1. The molecular formula is C27H26F2N2O2. The molecule has 6 heteroatoms. The van der Waals surface area contributed by atoms with Crippen molar-refractivity contribution < 1.29 is 18.0 Å². The van der Waals surface area contributed by atoms with Gasteiger partial charge in [-0.2, -0.15) is 0 Å². The zero-order valence-electron chi connectivity index (χ0n) is 18.3. The molecule has 4 aromatic rings. The van der Waals surface area contributed by atoms with E-state index in [2.05, 4.69) is 22.2 Å². The maximum Gasteiger partial charge on any atom is 0.170 e. The van der Waals surface area contributed by atoms with Gasteiger partial charge >= 0.3 is 0 Å². The van der Waals surface area contributed by atoms with E-state index < -0.39 is 0 Å². The lowest BCUT2D eigenvalue weighted by molar-refractivity contribution is 0.147. The normalized spacial score (nSPS) is 16.2. The first-order chi connectivity index (χ1) is 16.2. The van der Waals surface area contributed by atoms with Crippen LogP contribution in [-0.2, 0) is 0 Å². The topological polar surface area (TPSA) is 38.5 Å². The van der Waals surface area contributed by atoms with Crippen LogP contribution in [0.2, 0.25) is 0 Å². The summed E-state index contributed by atoms with van der Waals surface area (Å²) in [6, 6.07) is 21.0. The molecule has 0 amide bonds. The Bertz CT molecular complexity index is 1190. The summed E-state index contributed by atoms with van der Waals surface area (Å²) in [7, 11) is 0. The van der Waals surface area contributed by atoms with Crippen molar-refractivity contribution in [1.29, 1.82) is 0 Å². The van der Waals surface area contributed by atoms with E-state index in [0.717, 1.165) is 55.5 Å². The number of fused-ring (bicyclic) bond motifs is 1. The standard InChI is InChI=1S/C27H26F2N2O2/c28-21-6-9-23(10-7-21)32-25(19-4-2-1-3-5-19)14-17-31-15-12-20(13-16-31)27-24-11-8-22(29)18-26(24)33-30-27/h1-11,18,20,25H,12-17H2. The van der Waals surface area contributed by atoms with Gasteiger partial charge < -0.3 is 14.2 Å². The second-order valence-electron chi connectivity index (χ2n) is 8.58. The van der Waals surface area contributed by atoms with Crippen molar-refractivity contribution in [3.8, 4) is 5.75 Å². The number of hydrogen-bond donors (Lipinski definition) is 0. The molecule has 1 unspecified atom stereocenters. The Balaban J connectivity index is 1.21. The van der Waals surface area contributed by atoms with Crippen LogP contribution in [0.15, 0.2) is 77.3 Å². The summed E-state index contributed by atoms with van der Waals surface area (Å²) in [5.74, 6) is 0.397. The van der Waals surface area contributed by atoms with E-state index in [1.54, 1.807) is 18.2 Å². The Labute approximate surface area is 191 Å². The smallest absolute Gasteiger partial charge is 0.170 e. The quantitative estimate of drug-likeness (QED) is 0.324. The van der Waals surface area contributed by atoms with Gasteiger partial charge in [0.15, 0.2) is 5.58 Å². The number of benzene rings is 3. The maximum atomic E-state index is 13.4. The molecule has 1 atom stereocenters. The van der Waals surface area contributed by atoms with Gasteiger partial charge in [0.1, 0.15) is 23.5 Å². The molecular weight excluding hydrogens is 422 g/mol. The molecule has 0 aliphatic carbocycles. The first-order valence-corrected chi connectivity index (χ1v) is 11.4. The van der Waals surface area contributed by atoms with Gasteiger partial charge in [-0.1, -0.05) is 35.5 Å². The molecule has 0 spiro atoms. The van der Waals surface area contributed by atoms with E-state index in [0.29, 0.717) is 17.3 Å². The molecule has 0 bridgehead atoms. The van der Waals surface area contributed by atoms with Gasteiger partial charge in [0.05, 0.1) is 5.69 Å². The highest BCUT2D eigenvalue weighted by Crippen LogP contribution is 2.33.